The molecule has 5 heteroatoms. The molecule has 0 bridgehead atoms. The second-order valence-electron chi connectivity index (χ2n) is 5.81. The molecule has 1 aliphatic carbocycles. The Kier molecular flexibility index (Phi) is 5.91. The third-order valence-electron chi connectivity index (χ3n) is 3.94. The predicted molar refractivity (Wildman–Crippen MR) is 101 cm³/mol. The Labute approximate surface area is 156 Å². The molecule has 0 fully saturated rings. The first-order valence-corrected chi connectivity index (χ1v) is 8.56. The summed E-state index contributed by atoms with van der Waals surface area (Å²) in [6.45, 7) is 0.611. The highest BCUT2D eigenvalue weighted by atomic mass is 32.1. The van der Waals surface area contributed by atoms with E-state index < -0.39 is 17.3 Å². The molecule has 130 valence electrons. The third kappa shape index (κ3) is 4.64. The molecule has 0 saturated carbocycles. The van der Waals surface area contributed by atoms with Crippen LogP contribution in [0.1, 0.15) is 30.4 Å². The van der Waals surface area contributed by atoms with Gasteiger partial charge in [0.1, 0.15) is 18.0 Å². The van der Waals surface area contributed by atoms with Crippen molar-refractivity contribution in [2.24, 2.45) is 4.99 Å². The van der Waals surface area contributed by atoms with E-state index in [2.05, 4.69) is 35.1 Å². The van der Waals surface area contributed by atoms with Crippen LogP contribution < -0.4 is 4.74 Å². The number of rotatable bonds is 4. The van der Waals surface area contributed by atoms with Gasteiger partial charge in [0.15, 0.2) is 11.6 Å². The molecule has 2 aromatic carbocycles. The summed E-state index contributed by atoms with van der Waals surface area (Å²) in [6.07, 6.45) is 5.66. The molecule has 0 aliphatic heterocycles. The highest BCUT2D eigenvalue weighted by Crippen LogP contribution is 2.23. The number of benzene rings is 2. The number of thiocarbonyl (C=S) groups is 1. The molecule has 0 spiro atoms. The van der Waals surface area contributed by atoms with Gasteiger partial charge in [0.05, 0.1) is 5.16 Å². The Bertz CT molecular complexity index is 925. The second kappa shape index (κ2) is 8.53. The molecule has 0 saturated heterocycles. The third-order valence-corrected chi connectivity index (χ3v) is 4.03. The zero-order chi connectivity index (χ0) is 18.4. The number of allylic oxidation sites excluding steroid dienone is 1. The summed E-state index contributed by atoms with van der Waals surface area (Å²) >= 11 is 4.37. The Morgan fingerprint density at radius 1 is 1.04 bits per heavy atom. The Morgan fingerprint density at radius 3 is 2.35 bits per heavy atom. The zero-order valence-corrected chi connectivity index (χ0v) is 14.7. The number of halogens is 2. The van der Waals surface area contributed by atoms with Crippen molar-refractivity contribution in [2.45, 2.75) is 19.3 Å². The first-order chi connectivity index (χ1) is 12.7. The van der Waals surface area contributed by atoms with Gasteiger partial charge in [-0.15, -0.1) is 0 Å². The monoisotopic (exact) mass is 367 g/mol. The van der Waals surface area contributed by atoms with Crippen LogP contribution in [-0.2, 0) is 0 Å². The number of nitrogens with zero attached hydrogens (tertiary/aromatic N) is 1. The Morgan fingerprint density at radius 2 is 1.73 bits per heavy atom. The zero-order valence-electron chi connectivity index (χ0n) is 13.9. The molecule has 2 aromatic rings. The normalized spacial score (nSPS) is 12.6. The van der Waals surface area contributed by atoms with Crippen molar-refractivity contribution in [1.29, 1.82) is 0 Å². The van der Waals surface area contributed by atoms with Crippen molar-refractivity contribution < 1.29 is 13.5 Å². The van der Waals surface area contributed by atoms with Crippen LogP contribution in [0.2, 0.25) is 0 Å². The van der Waals surface area contributed by atoms with Gasteiger partial charge in [-0.2, -0.15) is 4.99 Å². The van der Waals surface area contributed by atoms with Gasteiger partial charge in [-0.3, -0.25) is 0 Å². The van der Waals surface area contributed by atoms with Crippen LogP contribution in [0.5, 0.6) is 5.75 Å². The topological polar surface area (TPSA) is 21.6 Å². The van der Waals surface area contributed by atoms with Gasteiger partial charge < -0.3 is 4.74 Å². The number of isothiocyanates is 1. The molecule has 1 aliphatic rings. The largest absolute Gasteiger partial charge is 0.489 e. The van der Waals surface area contributed by atoms with E-state index in [1.165, 1.54) is 12.0 Å². The van der Waals surface area contributed by atoms with Crippen molar-refractivity contribution in [3.63, 3.8) is 0 Å². The van der Waals surface area contributed by atoms with Crippen LogP contribution >= 0.6 is 12.2 Å². The molecule has 0 unspecified atom stereocenters. The molecule has 0 N–H and O–H groups in total. The van der Waals surface area contributed by atoms with Crippen LogP contribution in [0.25, 0.3) is 0 Å². The van der Waals surface area contributed by atoms with Crippen molar-refractivity contribution in [3.8, 4) is 17.6 Å². The number of aliphatic imine (C=N–C) groups is 1. The lowest BCUT2D eigenvalue weighted by Crippen LogP contribution is -1.99. The minimum atomic E-state index is -0.823. The molecule has 3 rings (SSSR count). The second-order valence-corrected chi connectivity index (χ2v) is 5.99. The van der Waals surface area contributed by atoms with E-state index in [1.807, 2.05) is 29.4 Å². The van der Waals surface area contributed by atoms with Gasteiger partial charge in [-0.1, -0.05) is 17.9 Å². The minimum Gasteiger partial charge on any atom is -0.489 e. The van der Waals surface area contributed by atoms with Gasteiger partial charge >= 0.3 is 0 Å². The molecule has 0 radical (unpaired) electrons. The first kappa shape index (κ1) is 18.0. The summed E-state index contributed by atoms with van der Waals surface area (Å²) in [5.74, 6) is 4.74. The average molecular weight is 367 g/mol. The summed E-state index contributed by atoms with van der Waals surface area (Å²) in [7, 11) is 0. The van der Waals surface area contributed by atoms with E-state index in [0.29, 0.717) is 6.61 Å². The fourth-order valence-electron chi connectivity index (χ4n) is 2.61. The highest BCUT2D eigenvalue weighted by Gasteiger charge is 2.09. The fraction of sp³-hybridized carbons (Fsp3) is 0.190. The van der Waals surface area contributed by atoms with Crippen LogP contribution in [0.15, 0.2) is 53.0 Å². The van der Waals surface area contributed by atoms with E-state index in [9.17, 15) is 8.78 Å². The predicted octanol–water partition coefficient (Wildman–Crippen LogP) is 5.59. The van der Waals surface area contributed by atoms with E-state index in [1.54, 1.807) is 0 Å². The quantitative estimate of drug-likeness (QED) is 0.304. The van der Waals surface area contributed by atoms with E-state index >= 15 is 0 Å². The molecule has 0 amide bonds. The maximum atomic E-state index is 13.8. The summed E-state index contributed by atoms with van der Waals surface area (Å²) < 4.78 is 33.3. The average Bonchev–Trinajstić information content (AvgIpc) is 3.16. The number of hydrogen-bond acceptors (Lipinski definition) is 3. The van der Waals surface area contributed by atoms with Crippen LogP contribution in [0, 0.1) is 23.5 Å². The molecule has 2 nitrogen and oxygen atoms in total. The lowest BCUT2D eigenvalue weighted by molar-refractivity contribution is 0.349. The smallest absolute Gasteiger partial charge is 0.153 e. The van der Waals surface area contributed by atoms with E-state index in [-0.39, 0.29) is 5.56 Å². The summed E-state index contributed by atoms with van der Waals surface area (Å²) in [5, 5.41) is 1.95. The van der Waals surface area contributed by atoms with Crippen LogP contribution in [-0.4, -0.2) is 11.8 Å². The Hall–Kier alpha value is -2.80. The van der Waals surface area contributed by atoms with Crippen LogP contribution in [0.3, 0.4) is 0 Å². The maximum Gasteiger partial charge on any atom is 0.153 e. The van der Waals surface area contributed by atoms with Gasteiger partial charge in [0, 0.05) is 11.1 Å². The van der Waals surface area contributed by atoms with E-state index in [0.717, 1.165) is 36.3 Å². The van der Waals surface area contributed by atoms with Crippen molar-refractivity contribution in [1.82, 2.24) is 0 Å². The van der Waals surface area contributed by atoms with E-state index in [4.69, 9.17) is 4.74 Å². The van der Waals surface area contributed by atoms with Crippen molar-refractivity contribution >= 4 is 23.1 Å². The van der Waals surface area contributed by atoms with Gasteiger partial charge in [0.25, 0.3) is 0 Å². The van der Waals surface area contributed by atoms with Crippen LogP contribution in [0.4, 0.5) is 14.5 Å². The SMILES string of the molecule is Fc1cc(C#Cc2ccc(OCC3=CCCC3)cc2)cc(F)c1N=C=S. The molecular formula is C21H15F2NOS. The molecular weight excluding hydrogens is 352 g/mol. The minimum absolute atomic E-state index is 0.219. The standard InChI is InChI=1S/C21H15F2NOS/c22-19-11-17(12-20(23)21(19)24-14-26)6-5-15-7-9-18(10-8-15)25-13-16-3-1-2-4-16/h3,7-12H,1-2,4,13H2. The lowest BCUT2D eigenvalue weighted by atomic mass is 10.1. The molecule has 0 atom stereocenters. The molecule has 26 heavy (non-hydrogen) atoms. The van der Waals surface area contributed by atoms with Crippen molar-refractivity contribution in [3.05, 3.63) is 70.8 Å². The molecule has 0 heterocycles. The van der Waals surface area contributed by atoms with Gasteiger partial charge in [0.2, 0.25) is 0 Å². The summed E-state index contributed by atoms with van der Waals surface area (Å²) in [4.78, 5) is 3.37. The first-order valence-electron chi connectivity index (χ1n) is 8.15. The summed E-state index contributed by atoms with van der Waals surface area (Å²) in [6, 6.07) is 9.52. The summed E-state index contributed by atoms with van der Waals surface area (Å²) in [5.41, 5.74) is 1.82. The van der Waals surface area contributed by atoms with Gasteiger partial charge in [-0.05, 0) is 73.5 Å². The maximum absolute atomic E-state index is 13.8. The van der Waals surface area contributed by atoms with Crippen molar-refractivity contribution in [2.75, 3.05) is 6.61 Å². The molecule has 0 aromatic heterocycles. The highest BCUT2D eigenvalue weighted by molar-refractivity contribution is 7.78. The number of hydrogen-bond donors (Lipinski definition) is 0. The number of ether oxygens (including phenoxy) is 1. The van der Waals surface area contributed by atoms with Gasteiger partial charge in [-0.25, -0.2) is 8.78 Å². The fourth-order valence-corrected chi connectivity index (χ4v) is 2.70. The lowest BCUT2D eigenvalue weighted by Gasteiger charge is -2.06. The Balaban J connectivity index is 1.69.